The van der Waals surface area contributed by atoms with Crippen LogP contribution in [-0.4, -0.2) is 58.3 Å². The predicted molar refractivity (Wildman–Crippen MR) is 81.6 cm³/mol. The molecule has 7 nitrogen and oxygen atoms in total. The van der Waals surface area contributed by atoms with Gasteiger partial charge in [0.25, 0.3) is 5.91 Å². The van der Waals surface area contributed by atoms with E-state index in [1.165, 1.54) is 18.9 Å². The first-order valence-corrected chi connectivity index (χ1v) is 7.73. The van der Waals surface area contributed by atoms with Crippen LogP contribution in [0.2, 0.25) is 0 Å². The van der Waals surface area contributed by atoms with Gasteiger partial charge in [-0.25, -0.2) is 4.79 Å². The molecule has 0 aliphatic carbocycles. The summed E-state index contributed by atoms with van der Waals surface area (Å²) in [7, 11) is 1.32. The number of amides is 1. The number of benzene rings is 1. The lowest BCUT2D eigenvalue weighted by Gasteiger charge is -2.49. The topological polar surface area (TPSA) is 96.3 Å². The highest BCUT2D eigenvalue weighted by atomic mass is 32.2. The van der Waals surface area contributed by atoms with Gasteiger partial charge in [0.15, 0.2) is 5.60 Å². The van der Waals surface area contributed by atoms with Crippen molar-refractivity contribution in [1.82, 2.24) is 4.90 Å². The molecule has 0 unspecified atom stereocenters. The van der Waals surface area contributed by atoms with Gasteiger partial charge in [-0.05, 0) is 12.1 Å². The number of hydrogen-bond acceptors (Lipinski definition) is 6. The van der Waals surface area contributed by atoms with Crippen molar-refractivity contribution in [2.75, 3.05) is 20.3 Å². The normalized spacial score (nSPS) is 26.1. The van der Waals surface area contributed by atoms with Crippen LogP contribution in [-0.2, 0) is 14.3 Å². The van der Waals surface area contributed by atoms with Crippen LogP contribution in [0.15, 0.2) is 40.9 Å². The molecule has 23 heavy (non-hydrogen) atoms. The van der Waals surface area contributed by atoms with E-state index in [1.54, 1.807) is 12.1 Å². The SMILES string of the molecule is CO[C@]1(CO)C(=O)N2C(C(=O)O)=C(COc3ccccc3)S[C@@H]21. The van der Waals surface area contributed by atoms with Gasteiger partial charge in [0.05, 0.1) is 11.5 Å². The maximum absolute atomic E-state index is 12.3. The van der Waals surface area contributed by atoms with Crippen molar-refractivity contribution in [1.29, 1.82) is 0 Å². The van der Waals surface area contributed by atoms with Gasteiger partial charge < -0.3 is 19.7 Å². The maximum atomic E-state index is 12.3. The van der Waals surface area contributed by atoms with E-state index in [9.17, 15) is 19.8 Å². The molecule has 0 spiro atoms. The van der Waals surface area contributed by atoms with Crippen molar-refractivity contribution < 1.29 is 29.3 Å². The van der Waals surface area contributed by atoms with E-state index in [-0.39, 0.29) is 12.3 Å². The molecule has 1 amide bonds. The van der Waals surface area contributed by atoms with Gasteiger partial charge in [-0.1, -0.05) is 30.0 Å². The number of aliphatic hydroxyl groups is 1. The lowest BCUT2D eigenvalue weighted by Crippen LogP contribution is -2.73. The summed E-state index contributed by atoms with van der Waals surface area (Å²) in [4.78, 5) is 25.3. The van der Waals surface area contributed by atoms with Gasteiger partial charge in [-0.2, -0.15) is 0 Å². The first-order valence-electron chi connectivity index (χ1n) is 6.85. The van der Waals surface area contributed by atoms with Crippen LogP contribution in [0.25, 0.3) is 0 Å². The lowest BCUT2D eigenvalue weighted by molar-refractivity contribution is -0.189. The standard InChI is InChI=1S/C15H15NO6S/c1-21-15(8-17)13(20)16-11(12(18)19)10(23-14(15)16)7-22-9-5-3-2-4-6-9/h2-6,14,17H,7-8H2,1H3,(H,18,19)/t14-,15-/m1/s1. The number of rotatable bonds is 6. The maximum Gasteiger partial charge on any atom is 0.353 e. The first-order chi connectivity index (χ1) is 11.0. The molecule has 2 N–H and O–H groups in total. The highest BCUT2D eigenvalue weighted by molar-refractivity contribution is 8.04. The molecule has 0 aromatic heterocycles. The second-order valence-electron chi connectivity index (χ2n) is 5.08. The van der Waals surface area contributed by atoms with Gasteiger partial charge >= 0.3 is 5.97 Å². The molecule has 3 rings (SSSR count). The average Bonchev–Trinajstić information content (AvgIpc) is 2.92. The molecule has 122 valence electrons. The Kier molecular flexibility index (Phi) is 4.05. The molecule has 2 atom stereocenters. The second-order valence-corrected chi connectivity index (χ2v) is 6.25. The smallest absolute Gasteiger partial charge is 0.353 e. The summed E-state index contributed by atoms with van der Waals surface area (Å²) in [5.74, 6) is -1.15. The van der Waals surface area contributed by atoms with Crippen molar-refractivity contribution in [3.05, 3.63) is 40.9 Å². The van der Waals surface area contributed by atoms with E-state index in [1.807, 2.05) is 18.2 Å². The molecule has 1 aromatic carbocycles. The zero-order chi connectivity index (χ0) is 16.6. The fourth-order valence-corrected chi connectivity index (χ4v) is 4.10. The minimum atomic E-state index is -1.39. The van der Waals surface area contributed by atoms with Crippen LogP contribution in [0.5, 0.6) is 5.75 Å². The summed E-state index contributed by atoms with van der Waals surface area (Å²) in [6.07, 6.45) is 0. The van der Waals surface area contributed by atoms with Gasteiger partial charge in [-0.15, -0.1) is 0 Å². The molecule has 1 aromatic rings. The zero-order valence-corrected chi connectivity index (χ0v) is 13.1. The Bertz CT molecular complexity index is 670. The molecule has 1 saturated heterocycles. The summed E-state index contributed by atoms with van der Waals surface area (Å²) in [6.45, 7) is -0.474. The molecule has 2 aliphatic heterocycles. The number of carboxylic acids is 1. The molecule has 0 bridgehead atoms. The summed E-state index contributed by atoms with van der Waals surface area (Å²) in [5.41, 5.74) is -1.50. The quantitative estimate of drug-likeness (QED) is 0.736. The van der Waals surface area contributed by atoms with Crippen LogP contribution in [0.1, 0.15) is 0 Å². The van der Waals surface area contributed by atoms with Gasteiger partial charge in [-0.3, -0.25) is 9.69 Å². The molecule has 0 saturated carbocycles. The van der Waals surface area contributed by atoms with Crippen LogP contribution >= 0.6 is 11.8 Å². The molecule has 8 heteroatoms. The molecular weight excluding hydrogens is 322 g/mol. The third-order valence-corrected chi connectivity index (χ3v) is 5.30. The van der Waals surface area contributed by atoms with Crippen LogP contribution < -0.4 is 4.74 Å². The monoisotopic (exact) mass is 337 g/mol. The van der Waals surface area contributed by atoms with Crippen LogP contribution in [0, 0.1) is 0 Å². The zero-order valence-electron chi connectivity index (χ0n) is 12.3. The highest BCUT2D eigenvalue weighted by Crippen LogP contribution is 2.52. The van der Waals surface area contributed by atoms with Gasteiger partial charge in [0.1, 0.15) is 23.4 Å². The summed E-state index contributed by atoms with van der Waals surface area (Å²) in [5, 5.41) is 18.3. The molecule has 1 fully saturated rings. The third-order valence-electron chi connectivity index (χ3n) is 3.89. The third kappa shape index (κ3) is 2.30. The lowest BCUT2D eigenvalue weighted by atomic mass is 9.92. The second kappa shape index (κ2) is 5.88. The van der Waals surface area contributed by atoms with E-state index < -0.39 is 29.5 Å². The number of hydrogen-bond donors (Lipinski definition) is 2. The Morgan fingerprint density at radius 3 is 2.65 bits per heavy atom. The van der Waals surface area contributed by atoms with E-state index in [4.69, 9.17) is 9.47 Å². The van der Waals surface area contributed by atoms with Crippen LogP contribution in [0.3, 0.4) is 0 Å². The Balaban J connectivity index is 1.83. The Morgan fingerprint density at radius 2 is 2.09 bits per heavy atom. The fourth-order valence-electron chi connectivity index (χ4n) is 2.64. The van der Waals surface area contributed by atoms with Crippen molar-refractivity contribution in [3.8, 4) is 5.75 Å². The molecule has 2 heterocycles. The minimum Gasteiger partial charge on any atom is -0.488 e. The molecule has 0 radical (unpaired) electrons. The summed E-state index contributed by atoms with van der Waals surface area (Å²) >= 11 is 1.17. The largest absolute Gasteiger partial charge is 0.488 e. The Labute approximate surface area is 136 Å². The van der Waals surface area contributed by atoms with Crippen LogP contribution in [0.4, 0.5) is 0 Å². The minimum absolute atomic E-state index is 0.0296. The Morgan fingerprint density at radius 1 is 1.39 bits per heavy atom. The van der Waals surface area contributed by atoms with Crippen molar-refractivity contribution in [2.45, 2.75) is 11.0 Å². The number of ether oxygens (including phenoxy) is 2. The number of carboxylic acid groups (broad SMARTS) is 1. The van der Waals surface area contributed by atoms with E-state index in [0.717, 1.165) is 4.90 Å². The fraction of sp³-hybridized carbons (Fsp3) is 0.333. The number of nitrogens with zero attached hydrogens (tertiary/aromatic N) is 1. The van der Waals surface area contributed by atoms with Gasteiger partial charge in [0, 0.05) is 7.11 Å². The molecular formula is C15H15NO6S. The predicted octanol–water partition coefficient (Wildman–Crippen LogP) is 0.654. The number of methoxy groups -OCH3 is 1. The number of aliphatic hydroxyl groups excluding tert-OH is 1. The number of thioether (sulfide) groups is 1. The highest BCUT2D eigenvalue weighted by Gasteiger charge is 2.67. The van der Waals surface area contributed by atoms with Crippen molar-refractivity contribution in [3.63, 3.8) is 0 Å². The number of aliphatic carboxylic acids is 1. The van der Waals surface area contributed by atoms with E-state index in [2.05, 4.69) is 0 Å². The number of carbonyl (C=O) groups is 2. The number of para-hydroxylation sites is 1. The summed E-state index contributed by atoms with van der Waals surface area (Å²) in [6, 6.07) is 8.98. The average molecular weight is 337 g/mol. The van der Waals surface area contributed by atoms with Gasteiger partial charge in [0.2, 0.25) is 0 Å². The summed E-state index contributed by atoms with van der Waals surface area (Å²) < 4.78 is 10.7. The van der Waals surface area contributed by atoms with E-state index in [0.29, 0.717) is 10.7 Å². The van der Waals surface area contributed by atoms with Crippen molar-refractivity contribution >= 4 is 23.6 Å². The van der Waals surface area contributed by atoms with Crippen molar-refractivity contribution in [2.24, 2.45) is 0 Å². The number of carbonyl (C=O) groups excluding carboxylic acids is 1. The number of fused-ring (bicyclic) bond motifs is 1. The number of β-lactam (4-membered cyclic amide) rings is 1. The van der Waals surface area contributed by atoms with E-state index >= 15 is 0 Å². The Hall–Kier alpha value is -2.03. The first kappa shape index (κ1) is 15.9. The molecule has 2 aliphatic rings.